The van der Waals surface area contributed by atoms with Crippen LogP contribution in [0.4, 0.5) is 5.82 Å². The van der Waals surface area contributed by atoms with Crippen molar-refractivity contribution in [1.82, 2.24) is 9.97 Å². The van der Waals surface area contributed by atoms with Gasteiger partial charge in [0.05, 0.1) is 24.5 Å². The van der Waals surface area contributed by atoms with Crippen molar-refractivity contribution in [2.45, 2.75) is 44.0 Å². The van der Waals surface area contributed by atoms with E-state index in [1.54, 1.807) is 7.11 Å². The van der Waals surface area contributed by atoms with Gasteiger partial charge in [-0.15, -0.1) is 0 Å². The molecule has 2 saturated heterocycles. The summed E-state index contributed by atoms with van der Waals surface area (Å²) < 4.78 is 11.0. The average Bonchev–Trinajstić information content (AvgIpc) is 3.01. The summed E-state index contributed by atoms with van der Waals surface area (Å²) in [6.45, 7) is 0.520. The predicted octanol–water partition coefficient (Wildman–Crippen LogP) is 1.70. The predicted molar refractivity (Wildman–Crippen MR) is 67.5 cm³/mol. The monoisotopic (exact) mass is 249 g/mol. The molecule has 3 rings (SSSR count). The van der Waals surface area contributed by atoms with Crippen molar-refractivity contribution < 1.29 is 9.47 Å². The molecule has 0 radical (unpaired) electrons. The number of nitrogens with zero attached hydrogens (tertiary/aromatic N) is 2. The second-order valence-corrected chi connectivity index (χ2v) is 5.00. The lowest BCUT2D eigenvalue weighted by Gasteiger charge is -2.18. The SMILES string of the molecule is CNc1cc(COC)nc(C2CC3CCC2O3)n1. The van der Waals surface area contributed by atoms with Crippen molar-refractivity contribution in [2.24, 2.45) is 0 Å². The third-order valence-corrected chi connectivity index (χ3v) is 3.78. The summed E-state index contributed by atoms with van der Waals surface area (Å²) in [6.07, 6.45) is 4.13. The van der Waals surface area contributed by atoms with Crippen molar-refractivity contribution >= 4 is 5.82 Å². The molecule has 1 aromatic rings. The highest BCUT2D eigenvalue weighted by Gasteiger charge is 2.43. The number of anilines is 1. The summed E-state index contributed by atoms with van der Waals surface area (Å²) in [7, 11) is 3.56. The van der Waals surface area contributed by atoms with Crippen LogP contribution in [0.2, 0.25) is 0 Å². The van der Waals surface area contributed by atoms with E-state index < -0.39 is 0 Å². The molecule has 2 aliphatic heterocycles. The van der Waals surface area contributed by atoms with Gasteiger partial charge in [0.1, 0.15) is 11.6 Å². The number of methoxy groups -OCH3 is 1. The van der Waals surface area contributed by atoms with Gasteiger partial charge in [0.2, 0.25) is 0 Å². The Kier molecular flexibility index (Phi) is 3.18. The Hall–Kier alpha value is -1.20. The van der Waals surface area contributed by atoms with E-state index in [-0.39, 0.29) is 0 Å². The summed E-state index contributed by atoms with van der Waals surface area (Å²) in [5, 5.41) is 3.09. The number of aromatic nitrogens is 2. The van der Waals surface area contributed by atoms with Crippen LogP contribution in [-0.4, -0.2) is 36.3 Å². The first kappa shape index (κ1) is 11.9. The second kappa shape index (κ2) is 4.82. The molecule has 18 heavy (non-hydrogen) atoms. The minimum atomic E-state index is 0.317. The van der Waals surface area contributed by atoms with Gasteiger partial charge in [-0.25, -0.2) is 9.97 Å². The average molecular weight is 249 g/mol. The summed E-state index contributed by atoms with van der Waals surface area (Å²) in [5.74, 6) is 2.11. The number of hydrogen-bond donors (Lipinski definition) is 1. The molecule has 0 spiro atoms. The molecule has 2 aliphatic rings. The minimum absolute atomic E-state index is 0.317. The van der Waals surface area contributed by atoms with E-state index in [1.807, 2.05) is 13.1 Å². The molecule has 2 bridgehead atoms. The van der Waals surface area contributed by atoms with Gasteiger partial charge in [-0.2, -0.15) is 0 Å². The van der Waals surface area contributed by atoms with Crippen LogP contribution in [0.15, 0.2) is 6.07 Å². The van der Waals surface area contributed by atoms with Crippen LogP contribution in [-0.2, 0) is 16.1 Å². The van der Waals surface area contributed by atoms with Crippen LogP contribution in [0.5, 0.6) is 0 Å². The smallest absolute Gasteiger partial charge is 0.136 e. The zero-order valence-electron chi connectivity index (χ0n) is 10.8. The van der Waals surface area contributed by atoms with Crippen molar-refractivity contribution in [3.8, 4) is 0 Å². The fraction of sp³-hybridized carbons (Fsp3) is 0.692. The number of ether oxygens (including phenoxy) is 2. The second-order valence-electron chi connectivity index (χ2n) is 5.00. The van der Waals surface area contributed by atoms with Crippen molar-refractivity contribution in [1.29, 1.82) is 0 Å². The van der Waals surface area contributed by atoms with E-state index in [9.17, 15) is 0 Å². The summed E-state index contributed by atoms with van der Waals surface area (Å²) in [4.78, 5) is 9.19. The number of rotatable bonds is 4. The Morgan fingerprint density at radius 1 is 1.44 bits per heavy atom. The number of nitrogens with one attached hydrogen (secondary N) is 1. The molecule has 98 valence electrons. The van der Waals surface area contributed by atoms with Crippen LogP contribution in [0.25, 0.3) is 0 Å². The molecule has 5 nitrogen and oxygen atoms in total. The normalized spacial score (nSPS) is 29.8. The highest BCUT2D eigenvalue weighted by atomic mass is 16.5. The first-order valence-electron chi connectivity index (χ1n) is 6.50. The molecular formula is C13H19N3O2. The van der Waals surface area contributed by atoms with E-state index in [1.165, 1.54) is 6.42 Å². The van der Waals surface area contributed by atoms with E-state index in [4.69, 9.17) is 9.47 Å². The van der Waals surface area contributed by atoms with E-state index >= 15 is 0 Å². The molecule has 0 saturated carbocycles. The van der Waals surface area contributed by atoms with Crippen molar-refractivity contribution in [2.75, 3.05) is 19.5 Å². The first-order chi connectivity index (χ1) is 8.80. The molecule has 1 N–H and O–H groups in total. The highest BCUT2D eigenvalue weighted by Crippen LogP contribution is 2.43. The van der Waals surface area contributed by atoms with Crippen LogP contribution in [0.3, 0.4) is 0 Å². The van der Waals surface area contributed by atoms with Gasteiger partial charge in [-0.1, -0.05) is 0 Å². The van der Waals surface area contributed by atoms with Gasteiger partial charge in [0, 0.05) is 26.1 Å². The largest absolute Gasteiger partial charge is 0.378 e. The van der Waals surface area contributed by atoms with E-state index in [0.29, 0.717) is 24.7 Å². The molecule has 0 aliphatic carbocycles. The summed E-state index contributed by atoms with van der Waals surface area (Å²) in [6, 6.07) is 1.93. The highest BCUT2D eigenvalue weighted by molar-refractivity contribution is 5.36. The maximum atomic E-state index is 5.88. The third kappa shape index (κ3) is 2.08. The zero-order valence-corrected chi connectivity index (χ0v) is 10.8. The Morgan fingerprint density at radius 3 is 2.94 bits per heavy atom. The third-order valence-electron chi connectivity index (χ3n) is 3.78. The van der Waals surface area contributed by atoms with Crippen LogP contribution < -0.4 is 5.32 Å². The van der Waals surface area contributed by atoms with Gasteiger partial charge in [0.15, 0.2) is 0 Å². The van der Waals surface area contributed by atoms with Crippen LogP contribution in [0, 0.1) is 0 Å². The Morgan fingerprint density at radius 2 is 2.33 bits per heavy atom. The standard InChI is InChI=1S/C13H19N3O2/c1-14-12-5-8(7-17-2)15-13(16-12)10-6-9-3-4-11(10)18-9/h5,9-11H,3-4,6-7H2,1-2H3,(H,14,15,16). The number of hydrogen-bond acceptors (Lipinski definition) is 5. The maximum Gasteiger partial charge on any atom is 0.136 e. The van der Waals surface area contributed by atoms with Crippen LogP contribution >= 0.6 is 0 Å². The van der Waals surface area contributed by atoms with Gasteiger partial charge < -0.3 is 14.8 Å². The van der Waals surface area contributed by atoms with Gasteiger partial charge in [-0.3, -0.25) is 0 Å². The van der Waals surface area contributed by atoms with E-state index in [0.717, 1.165) is 30.2 Å². The topological polar surface area (TPSA) is 56.3 Å². The molecule has 5 heteroatoms. The summed E-state index contributed by atoms with van der Waals surface area (Å²) in [5.41, 5.74) is 0.926. The molecular weight excluding hydrogens is 230 g/mol. The lowest BCUT2D eigenvalue weighted by atomic mass is 9.88. The Bertz CT molecular complexity index is 438. The fourth-order valence-corrected chi connectivity index (χ4v) is 2.94. The summed E-state index contributed by atoms with van der Waals surface area (Å²) >= 11 is 0. The molecule has 3 unspecified atom stereocenters. The molecule has 2 fully saturated rings. The lowest BCUT2D eigenvalue weighted by Crippen LogP contribution is -2.18. The van der Waals surface area contributed by atoms with Gasteiger partial charge in [0.25, 0.3) is 0 Å². The Labute approximate surface area is 107 Å². The Balaban J connectivity index is 1.88. The first-order valence-corrected chi connectivity index (χ1v) is 6.50. The molecule has 0 aromatic carbocycles. The molecule has 3 heterocycles. The number of fused-ring (bicyclic) bond motifs is 2. The zero-order chi connectivity index (χ0) is 12.5. The maximum absolute atomic E-state index is 5.88. The fourth-order valence-electron chi connectivity index (χ4n) is 2.94. The quantitative estimate of drug-likeness (QED) is 0.880. The van der Waals surface area contributed by atoms with Gasteiger partial charge >= 0.3 is 0 Å². The van der Waals surface area contributed by atoms with Gasteiger partial charge in [-0.05, 0) is 19.3 Å². The van der Waals surface area contributed by atoms with Crippen LogP contribution in [0.1, 0.15) is 36.7 Å². The van der Waals surface area contributed by atoms with Crippen molar-refractivity contribution in [3.63, 3.8) is 0 Å². The minimum Gasteiger partial charge on any atom is -0.378 e. The van der Waals surface area contributed by atoms with E-state index in [2.05, 4.69) is 15.3 Å². The van der Waals surface area contributed by atoms with Crippen molar-refractivity contribution in [3.05, 3.63) is 17.6 Å². The molecule has 0 amide bonds. The molecule has 3 atom stereocenters. The lowest BCUT2D eigenvalue weighted by molar-refractivity contribution is 0.0998. The molecule has 1 aromatic heterocycles.